The smallest absolute Gasteiger partial charge is 0.534 e. The van der Waals surface area contributed by atoms with Gasteiger partial charge in [0.15, 0.2) is 11.2 Å². The molecule has 3 heterocycles. The number of nitrogens with zero attached hydrogens (tertiary/aromatic N) is 3. The number of nitrogens with one attached hydrogen (secondary N) is 2. The normalized spacial score (nSPS) is 17.9. The molecule has 1 aromatic carbocycles. The lowest BCUT2D eigenvalue weighted by molar-refractivity contribution is -0.155. The van der Waals surface area contributed by atoms with Crippen LogP contribution in [0.2, 0.25) is 0 Å². The lowest BCUT2D eigenvalue weighted by Gasteiger charge is -2.33. The molecule has 4 rings (SSSR count). The number of hydrogen-bond donors (Lipinski definition) is 5. The first-order chi connectivity index (χ1) is 18.5. The largest absolute Gasteiger partial charge is 0.547 e. The minimum absolute atomic E-state index is 0.0155. The van der Waals surface area contributed by atoms with E-state index < -0.39 is 68.3 Å². The first kappa shape index (κ1) is 27.7. The average Bonchev–Trinajstić information content (AvgIpc) is 3.30. The third-order valence-electron chi connectivity index (χ3n) is 5.96. The van der Waals surface area contributed by atoms with Gasteiger partial charge in [-0.25, -0.2) is 23.4 Å². The number of imide groups is 1. The number of carbonyl (C=O) groups is 5. The molecule has 14 nitrogen and oxygen atoms in total. The molecule has 206 valence electrons. The summed E-state index contributed by atoms with van der Waals surface area (Å²) < 4.78 is 30.7. The Kier molecular flexibility index (Phi) is 7.96. The van der Waals surface area contributed by atoms with Gasteiger partial charge < -0.3 is 36.1 Å². The number of hydrogen-bond acceptors (Lipinski definition) is 10. The van der Waals surface area contributed by atoms with Gasteiger partial charge in [0.2, 0.25) is 5.91 Å². The number of benzene rings is 1. The van der Waals surface area contributed by atoms with E-state index in [1.807, 2.05) is 0 Å². The van der Waals surface area contributed by atoms with Gasteiger partial charge in [-0.2, -0.15) is 0 Å². The van der Waals surface area contributed by atoms with Crippen molar-refractivity contribution in [2.45, 2.75) is 24.8 Å². The van der Waals surface area contributed by atoms with Crippen molar-refractivity contribution in [1.29, 1.82) is 0 Å². The summed E-state index contributed by atoms with van der Waals surface area (Å²) in [6.45, 7) is -1.69. The van der Waals surface area contributed by atoms with Crippen LogP contribution >= 0.6 is 11.3 Å². The molecule has 5 amide bonds. The maximum atomic E-state index is 13.3. The highest BCUT2D eigenvalue weighted by molar-refractivity contribution is 7.13. The van der Waals surface area contributed by atoms with Crippen molar-refractivity contribution in [2.24, 2.45) is 0 Å². The molecule has 0 radical (unpaired) electrons. The van der Waals surface area contributed by atoms with Crippen LogP contribution in [0.15, 0.2) is 23.6 Å². The highest BCUT2D eigenvalue weighted by Crippen LogP contribution is 2.30. The van der Waals surface area contributed by atoms with E-state index >= 15 is 0 Å². The predicted molar refractivity (Wildman–Crippen MR) is 130 cm³/mol. The van der Waals surface area contributed by atoms with Gasteiger partial charge in [0.1, 0.15) is 5.75 Å². The summed E-state index contributed by atoms with van der Waals surface area (Å²) in [5, 5.41) is 26.0. The van der Waals surface area contributed by atoms with E-state index in [1.54, 1.807) is 6.07 Å². The van der Waals surface area contributed by atoms with E-state index in [2.05, 4.69) is 15.6 Å². The number of rotatable bonds is 7. The number of carboxylic acids is 1. The Bertz CT molecular complexity index is 1330. The number of amides is 5. The number of nitrogens with two attached hydrogens (primary N) is 1. The van der Waals surface area contributed by atoms with E-state index in [1.165, 1.54) is 17.5 Å². The highest BCUT2D eigenvalue weighted by atomic mass is 32.1. The average molecular weight is 566 g/mol. The summed E-state index contributed by atoms with van der Waals surface area (Å²) in [7, 11) is -1.65. The maximum Gasteiger partial charge on any atom is 0.547 e. The monoisotopic (exact) mass is 566 g/mol. The van der Waals surface area contributed by atoms with E-state index in [0.717, 1.165) is 11.3 Å². The zero-order valence-corrected chi connectivity index (χ0v) is 20.7. The van der Waals surface area contributed by atoms with Gasteiger partial charge in [0.25, 0.3) is 6.43 Å². The summed E-state index contributed by atoms with van der Waals surface area (Å²) in [6.07, 6.45) is -2.89. The van der Waals surface area contributed by atoms with Gasteiger partial charge in [-0.05, 0) is 18.1 Å². The highest BCUT2D eigenvalue weighted by Gasteiger charge is 2.41. The molecule has 6 N–H and O–H groups in total. The lowest BCUT2D eigenvalue weighted by atomic mass is 9.72. The van der Waals surface area contributed by atoms with E-state index in [4.69, 9.17) is 10.4 Å². The van der Waals surface area contributed by atoms with Crippen LogP contribution in [0.4, 0.5) is 18.7 Å². The molecular formula is C21H21BF2N6O8S. The van der Waals surface area contributed by atoms with Crippen LogP contribution in [-0.4, -0.2) is 93.8 Å². The Morgan fingerprint density at radius 2 is 2.00 bits per heavy atom. The Hall–Kier alpha value is -4.32. The Balaban J connectivity index is 1.50. The van der Waals surface area contributed by atoms with Gasteiger partial charge in [0, 0.05) is 18.5 Å². The second-order valence-corrected chi connectivity index (χ2v) is 9.41. The van der Waals surface area contributed by atoms with E-state index in [9.17, 15) is 42.9 Å². The van der Waals surface area contributed by atoms with Crippen LogP contribution in [0.3, 0.4) is 0 Å². The minimum atomic E-state index is -2.87. The van der Waals surface area contributed by atoms with Crippen molar-refractivity contribution in [3.05, 3.63) is 40.4 Å². The molecule has 1 aromatic heterocycles. The number of fused-ring (bicyclic) bond motifs is 1. The van der Waals surface area contributed by atoms with Crippen LogP contribution in [0.25, 0.3) is 0 Å². The molecular weight excluding hydrogens is 545 g/mol. The van der Waals surface area contributed by atoms with Crippen molar-refractivity contribution in [2.75, 3.05) is 25.4 Å². The fourth-order valence-corrected chi connectivity index (χ4v) is 4.69. The quantitative estimate of drug-likeness (QED) is 0.210. The number of nitrogen functional groups attached to an aromatic ring is 1. The lowest BCUT2D eigenvalue weighted by Crippen LogP contribution is -2.60. The van der Waals surface area contributed by atoms with Crippen LogP contribution < -0.4 is 21.0 Å². The summed E-state index contributed by atoms with van der Waals surface area (Å²) in [6, 6.07) is 1.62. The number of alkyl halides is 2. The first-order valence-electron chi connectivity index (χ1n) is 11.4. The number of aromatic nitrogens is 1. The third-order valence-corrected chi connectivity index (χ3v) is 6.65. The fraction of sp³-hybridized carbons (Fsp3) is 0.333. The molecule has 0 saturated carbocycles. The summed E-state index contributed by atoms with van der Waals surface area (Å²) in [4.78, 5) is 67.3. The zero-order valence-electron chi connectivity index (χ0n) is 19.9. The van der Waals surface area contributed by atoms with Crippen LogP contribution in [0, 0.1) is 0 Å². The number of piperazine rings is 1. The van der Waals surface area contributed by atoms with Crippen molar-refractivity contribution >= 4 is 53.3 Å². The van der Waals surface area contributed by atoms with Crippen LogP contribution in [0.1, 0.15) is 27.7 Å². The number of anilines is 1. The van der Waals surface area contributed by atoms with Crippen molar-refractivity contribution in [1.82, 2.24) is 25.4 Å². The molecule has 0 bridgehead atoms. The molecule has 1 unspecified atom stereocenters. The van der Waals surface area contributed by atoms with Gasteiger partial charge >= 0.3 is 30.9 Å². The number of para-hydroxylation sites is 1. The Morgan fingerprint density at radius 1 is 1.26 bits per heavy atom. The minimum Gasteiger partial charge on any atom is -0.534 e. The molecule has 39 heavy (non-hydrogen) atoms. The molecule has 2 aliphatic heterocycles. The number of aromatic carboxylic acids is 1. The van der Waals surface area contributed by atoms with Gasteiger partial charge in [-0.15, -0.1) is 11.3 Å². The maximum absolute atomic E-state index is 13.3. The van der Waals surface area contributed by atoms with Crippen molar-refractivity contribution in [3.63, 3.8) is 0 Å². The molecule has 0 aliphatic carbocycles. The molecule has 2 aromatic rings. The standard InChI is InChI=1S/C21H21BF2N6O8S/c23-13(24)7-29-4-5-30(18(33)17(29)32)21(36)28-14(11-8-39-20(25)26-11)16(31)27-12-6-9-2-1-3-10(19(34)35)15(9)38-22(12)37/h1-3,8,12-14,37H,4-7H2,(H2,25,26)(H,27,31)(H,28,36)(H,34,35)/t12-,14?/m0/s1. The van der Waals surface area contributed by atoms with E-state index in [0.29, 0.717) is 15.4 Å². The van der Waals surface area contributed by atoms with Crippen LogP contribution in [-0.2, 0) is 20.8 Å². The molecule has 2 aliphatic rings. The topological polar surface area (TPSA) is 204 Å². The zero-order chi connectivity index (χ0) is 28.4. The second-order valence-electron chi connectivity index (χ2n) is 8.52. The Labute approximate surface area is 222 Å². The number of carboxylic acid groups (broad SMARTS) is 1. The van der Waals surface area contributed by atoms with Gasteiger partial charge in [0.05, 0.1) is 23.7 Å². The molecule has 18 heteroatoms. The summed E-state index contributed by atoms with van der Waals surface area (Å²) >= 11 is 0.955. The number of halogens is 2. The van der Waals surface area contributed by atoms with Crippen molar-refractivity contribution < 1.29 is 47.5 Å². The van der Waals surface area contributed by atoms with Crippen molar-refractivity contribution in [3.8, 4) is 5.75 Å². The van der Waals surface area contributed by atoms with Crippen LogP contribution in [0.5, 0.6) is 5.75 Å². The van der Waals surface area contributed by atoms with E-state index in [-0.39, 0.29) is 35.1 Å². The Morgan fingerprint density at radius 3 is 2.64 bits per heavy atom. The number of urea groups is 1. The fourth-order valence-electron chi connectivity index (χ4n) is 4.10. The summed E-state index contributed by atoms with van der Waals surface area (Å²) in [5.74, 6) is -5.93. The molecule has 0 spiro atoms. The SMILES string of the molecule is Nc1nc(C(NC(=O)N2CCN(CC(F)F)C(=O)C2=O)C(=O)N[C@H]2Cc3cccc(C(=O)O)c3OB2O)cs1. The first-order valence-corrected chi connectivity index (χ1v) is 12.2. The number of carbonyl (C=O) groups excluding carboxylic acids is 4. The summed E-state index contributed by atoms with van der Waals surface area (Å²) in [5.41, 5.74) is 5.87. The third kappa shape index (κ3) is 5.90. The molecule has 1 saturated heterocycles. The predicted octanol–water partition coefficient (Wildman–Crippen LogP) is -0.750. The molecule has 2 atom stereocenters. The van der Waals surface area contributed by atoms with Gasteiger partial charge in [-0.1, -0.05) is 12.1 Å². The second kappa shape index (κ2) is 11.2. The molecule has 1 fully saturated rings. The van der Waals surface area contributed by atoms with Gasteiger partial charge in [-0.3, -0.25) is 19.3 Å². The number of thiazole rings is 1.